The quantitative estimate of drug-likeness (QED) is 0.752. The minimum absolute atomic E-state index is 0.224. The molecular weight excluding hydrogens is 294 g/mol. The largest absolute Gasteiger partial charge is 0.351 e. The molecule has 7 heteroatoms. The number of amides is 3. The van der Waals surface area contributed by atoms with E-state index in [1.165, 1.54) is 6.42 Å². The van der Waals surface area contributed by atoms with E-state index in [2.05, 4.69) is 21.0 Å². The Morgan fingerprint density at radius 3 is 2.65 bits per heavy atom. The zero-order valence-corrected chi connectivity index (χ0v) is 14.0. The molecule has 0 spiro atoms. The predicted octanol–water partition coefficient (Wildman–Crippen LogP) is 2.50. The van der Waals surface area contributed by atoms with E-state index < -0.39 is 0 Å². The molecule has 7 nitrogen and oxygen atoms in total. The Labute approximate surface area is 137 Å². The normalized spacial score (nSPS) is 15.2. The number of carbonyl (C=O) groups is 2. The summed E-state index contributed by atoms with van der Waals surface area (Å²) in [5, 5.41) is 12.8. The van der Waals surface area contributed by atoms with Crippen molar-refractivity contribution >= 4 is 17.6 Å². The summed E-state index contributed by atoms with van der Waals surface area (Å²) in [5.74, 6) is -0.257. The number of rotatable bonds is 6. The Morgan fingerprint density at radius 2 is 2.00 bits per heavy atom. The van der Waals surface area contributed by atoms with Crippen molar-refractivity contribution in [3.63, 3.8) is 0 Å². The van der Waals surface area contributed by atoms with Crippen LogP contribution in [0.15, 0.2) is 6.20 Å². The molecule has 1 aliphatic carbocycles. The number of aryl methyl sites for hydroxylation is 1. The van der Waals surface area contributed by atoms with E-state index >= 15 is 0 Å². The first kappa shape index (κ1) is 17.3. The molecule has 1 aromatic heterocycles. The van der Waals surface area contributed by atoms with Crippen molar-refractivity contribution in [1.29, 1.82) is 0 Å². The second-order valence-corrected chi connectivity index (χ2v) is 5.94. The summed E-state index contributed by atoms with van der Waals surface area (Å²) < 4.78 is 1.65. The third-order valence-electron chi connectivity index (χ3n) is 4.02. The van der Waals surface area contributed by atoms with Crippen LogP contribution in [0.25, 0.3) is 0 Å². The van der Waals surface area contributed by atoms with E-state index in [0.717, 1.165) is 32.1 Å². The van der Waals surface area contributed by atoms with Gasteiger partial charge < -0.3 is 16.0 Å². The Morgan fingerprint density at radius 1 is 1.26 bits per heavy atom. The van der Waals surface area contributed by atoms with Crippen LogP contribution in [0.1, 0.15) is 62.9 Å². The molecule has 0 bridgehead atoms. The lowest BCUT2D eigenvalue weighted by atomic mass is 9.96. The molecule has 3 N–H and O–H groups in total. The van der Waals surface area contributed by atoms with Gasteiger partial charge in [-0.1, -0.05) is 26.2 Å². The fourth-order valence-electron chi connectivity index (χ4n) is 2.76. The zero-order valence-electron chi connectivity index (χ0n) is 14.0. The smallest absolute Gasteiger partial charge is 0.319 e. The highest BCUT2D eigenvalue weighted by atomic mass is 16.2. The minimum Gasteiger partial charge on any atom is -0.351 e. The van der Waals surface area contributed by atoms with Crippen LogP contribution in [0.5, 0.6) is 0 Å². The van der Waals surface area contributed by atoms with Gasteiger partial charge in [0.05, 0.1) is 5.69 Å². The lowest BCUT2D eigenvalue weighted by molar-refractivity contribution is 0.0948. The third kappa shape index (κ3) is 4.97. The minimum atomic E-state index is -0.267. The summed E-state index contributed by atoms with van der Waals surface area (Å²) in [7, 11) is 0. The second-order valence-electron chi connectivity index (χ2n) is 5.94. The molecule has 3 amide bonds. The van der Waals surface area contributed by atoms with E-state index in [4.69, 9.17) is 0 Å². The molecule has 1 saturated carbocycles. The monoisotopic (exact) mass is 321 g/mol. The summed E-state index contributed by atoms with van der Waals surface area (Å²) in [6.45, 7) is 5.15. The molecule has 0 aliphatic heterocycles. The number of urea groups is 1. The molecule has 0 unspecified atom stereocenters. The van der Waals surface area contributed by atoms with Crippen molar-refractivity contribution in [1.82, 2.24) is 20.4 Å². The second kappa shape index (κ2) is 8.55. The molecule has 1 heterocycles. The average molecular weight is 321 g/mol. The van der Waals surface area contributed by atoms with Gasteiger partial charge >= 0.3 is 6.03 Å². The van der Waals surface area contributed by atoms with Crippen LogP contribution in [-0.4, -0.2) is 34.3 Å². The summed E-state index contributed by atoms with van der Waals surface area (Å²) in [4.78, 5) is 24.3. The highest BCUT2D eigenvalue weighted by Crippen LogP contribution is 2.18. The fraction of sp³-hybridized carbons (Fsp3) is 0.688. The first-order valence-electron chi connectivity index (χ1n) is 8.57. The Kier molecular flexibility index (Phi) is 6.43. The Balaban J connectivity index is 2.00. The van der Waals surface area contributed by atoms with Gasteiger partial charge in [-0.2, -0.15) is 5.10 Å². The molecule has 0 atom stereocenters. The SMILES string of the molecule is CCCNC(=O)c1nn(CC)cc1NC(=O)NC1CCCCC1. The van der Waals surface area contributed by atoms with E-state index in [1.54, 1.807) is 10.9 Å². The van der Waals surface area contributed by atoms with Crippen molar-refractivity contribution in [2.24, 2.45) is 0 Å². The summed E-state index contributed by atoms with van der Waals surface area (Å²) in [6.07, 6.45) is 8.14. The number of carbonyl (C=O) groups excluding carboxylic acids is 2. The molecule has 2 rings (SSSR count). The number of nitrogens with zero attached hydrogens (tertiary/aromatic N) is 2. The molecule has 128 valence electrons. The Bertz CT molecular complexity index is 535. The van der Waals surface area contributed by atoms with E-state index in [1.807, 2.05) is 13.8 Å². The standard InChI is InChI=1S/C16H27N5O2/c1-3-10-17-15(22)14-13(11-21(4-2)20-14)19-16(23)18-12-8-6-5-7-9-12/h11-12H,3-10H2,1-2H3,(H,17,22)(H2,18,19,23). The van der Waals surface area contributed by atoms with Crippen LogP contribution in [-0.2, 0) is 6.54 Å². The summed E-state index contributed by atoms with van der Waals surface area (Å²) >= 11 is 0. The van der Waals surface area contributed by atoms with Gasteiger partial charge in [-0.25, -0.2) is 4.79 Å². The summed E-state index contributed by atoms with van der Waals surface area (Å²) in [5.41, 5.74) is 0.716. The highest BCUT2D eigenvalue weighted by molar-refractivity contribution is 6.01. The van der Waals surface area contributed by atoms with Gasteiger partial charge in [-0.05, 0) is 26.2 Å². The van der Waals surface area contributed by atoms with Crippen molar-refractivity contribution in [2.45, 2.75) is 65.0 Å². The van der Waals surface area contributed by atoms with Gasteiger partial charge in [0.1, 0.15) is 0 Å². The number of anilines is 1. The van der Waals surface area contributed by atoms with E-state index in [-0.39, 0.29) is 23.7 Å². The van der Waals surface area contributed by atoms with Crippen molar-refractivity contribution in [3.8, 4) is 0 Å². The van der Waals surface area contributed by atoms with Crippen LogP contribution in [0, 0.1) is 0 Å². The molecule has 1 aliphatic rings. The molecule has 23 heavy (non-hydrogen) atoms. The van der Waals surface area contributed by atoms with Crippen LogP contribution in [0.4, 0.5) is 10.5 Å². The van der Waals surface area contributed by atoms with Crippen molar-refractivity contribution in [2.75, 3.05) is 11.9 Å². The summed E-state index contributed by atoms with van der Waals surface area (Å²) in [6, 6.07) is -0.0422. The van der Waals surface area contributed by atoms with Gasteiger partial charge in [0.2, 0.25) is 0 Å². The topological polar surface area (TPSA) is 88.1 Å². The maximum Gasteiger partial charge on any atom is 0.319 e. The van der Waals surface area contributed by atoms with Crippen molar-refractivity contribution in [3.05, 3.63) is 11.9 Å². The predicted molar refractivity (Wildman–Crippen MR) is 89.6 cm³/mol. The molecule has 1 aromatic rings. The maximum absolute atomic E-state index is 12.2. The first-order chi connectivity index (χ1) is 11.1. The number of aromatic nitrogens is 2. The van der Waals surface area contributed by atoms with Crippen LogP contribution < -0.4 is 16.0 Å². The van der Waals surface area contributed by atoms with Gasteiger partial charge in [0.15, 0.2) is 5.69 Å². The number of hydrogen-bond acceptors (Lipinski definition) is 3. The maximum atomic E-state index is 12.2. The van der Waals surface area contributed by atoms with Gasteiger partial charge in [0.25, 0.3) is 5.91 Å². The molecule has 0 saturated heterocycles. The van der Waals surface area contributed by atoms with Gasteiger partial charge in [0, 0.05) is 25.3 Å². The van der Waals surface area contributed by atoms with Crippen LogP contribution in [0.3, 0.4) is 0 Å². The average Bonchev–Trinajstić information content (AvgIpc) is 2.96. The highest BCUT2D eigenvalue weighted by Gasteiger charge is 2.20. The molecule has 0 radical (unpaired) electrons. The molecule has 1 fully saturated rings. The van der Waals surface area contributed by atoms with Gasteiger partial charge in [-0.3, -0.25) is 9.48 Å². The van der Waals surface area contributed by atoms with Crippen LogP contribution >= 0.6 is 0 Å². The van der Waals surface area contributed by atoms with Gasteiger partial charge in [-0.15, -0.1) is 0 Å². The lowest BCUT2D eigenvalue weighted by Crippen LogP contribution is -2.39. The fourth-order valence-corrected chi connectivity index (χ4v) is 2.76. The van der Waals surface area contributed by atoms with Crippen LogP contribution in [0.2, 0.25) is 0 Å². The van der Waals surface area contributed by atoms with E-state index in [9.17, 15) is 9.59 Å². The van der Waals surface area contributed by atoms with Crippen molar-refractivity contribution < 1.29 is 9.59 Å². The number of nitrogens with one attached hydrogen (secondary N) is 3. The molecular formula is C16H27N5O2. The van der Waals surface area contributed by atoms with E-state index in [0.29, 0.717) is 18.8 Å². The molecule has 0 aromatic carbocycles. The Hall–Kier alpha value is -2.05. The lowest BCUT2D eigenvalue weighted by Gasteiger charge is -2.22. The first-order valence-corrected chi connectivity index (χ1v) is 8.57. The third-order valence-corrected chi connectivity index (χ3v) is 4.02. The zero-order chi connectivity index (χ0) is 16.7. The number of hydrogen-bond donors (Lipinski definition) is 3.